The van der Waals surface area contributed by atoms with E-state index in [2.05, 4.69) is 39.7 Å². The molecule has 30 nitrogen and oxygen atoms in total. The van der Waals surface area contributed by atoms with Crippen LogP contribution >= 0.6 is 35.2 Å². The number of aromatic nitrogens is 4. The van der Waals surface area contributed by atoms with Gasteiger partial charge in [-0.1, -0.05) is 43.3 Å². The fraction of sp³-hybridized carbons (Fsp3) is 0.439. The number of amides is 2. The summed E-state index contributed by atoms with van der Waals surface area (Å²) in [5, 5.41) is 49.9. The summed E-state index contributed by atoms with van der Waals surface area (Å²) >= 11 is 0.797. The third-order valence-electron chi connectivity index (χ3n) is 10.7. The number of ether oxygens (including phenoxy) is 2. The Morgan fingerprint density at radius 2 is 1.68 bits per heavy atom. The molecule has 0 spiro atoms. The summed E-state index contributed by atoms with van der Waals surface area (Å²) < 4.78 is 68.2. The summed E-state index contributed by atoms with van der Waals surface area (Å²) in [6, 6.07) is 8.48. The number of fused-ring (bicyclic) bond motifs is 1. The van der Waals surface area contributed by atoms with Crippen molar-refractivity contribution in [2.45, 2.75) is 70.3 Å². The van der Waals surface area contributed by atoms with Gasteiger partial charge >= 0.3 is 23.5 Å². The monoisotopic (exact) mass is 1140 g/mol. The molecule has 2 aromatic heterocycles. The first kappa shape index (κ1) is 60.4. The van der Waals surface area contributed by atoms with E-state index < -0.39 is 95.7 Å². The molecule has 1 fully saturated rings. The minimum Gasteiger partial charge on any atom is -0.508 e. The smallest absolute Gasteiger partial charge is 0.481 e. The van der Waals surface area contributed by atoms with Gasteiger partial charge in [0, 0.05) is 42.8 Å². The van der Waals surface area contributed by atoms with E-state index in [9.17, 15) is 72.9 Å². The van der Waals surface area contributed by atoms with Crippen molar-refractivity contribution in [2.24, 2.45) is 11.1 Å². The van der Waals surface area contributed by atoms with Crippen LogP contribution in [0, 0.1) is 12.3 Å². The molecule has 0 bridgehead atoms. The molecule has 8 atom stereocenters. The summed E-state index contributed by atoms with van der Waals surface area (Å²) in [6.07, 6.45) is -5.70. The number of hydrogen-bond donors (Lipinski definition) is 13. The van der Waals surface area contributed by atoms with Crippen LogP contribution in [0.4, 0.5) is 11.5 Å². The van der Waals surface area contributed by atoms with Crippen LogP contribution in [0.15, 0.2) is 60.8 Å². The van der Waals surface area contributed by atoms with E-state index >= 15 is 0 Å². The summed E-state index contributed by atoms with van der Waals surface area (Å²) in [7, 11) is -16.6. The van der Waals surface area contributed by atoms with E-state index in [-0.39, 0.29) is 83.7 Å². The van der Waals surface area contributed by atoms with Gasteiger partial charge in [0.15, 0.2) is 17.7 Å². The number of thioether (sulfide) groups is 1. The number of phenols is 2. The van der Waals surface area contributed by atoms with Gasteiger partial charge in [-0.05, 0) is 37.1 Å². The number of hydrogen-bond acceptors (Lipinski definition) is 24. The lowest BCUT2D eigenvalue weighted by molar-refractivity contribution is -0.137. The van der Waals surface area contributed by atoms with Gasteiger partial charge in [0.25, 0.3) is 0 Å². The minimum absolute atomic E-state index is 0.00707. The molecule has 8 unspecified atom stereocenters. The summed E-state index contributed by atoms with van der Waals surface area (Å²) in [5.41, 5.74) is 11.9. The van der Waals surface area contributed by atoms with Crippen molar-refractivity contribution in [2.75, 3.05) is 49.7 Å². The average molecular weight is 1140 g/mol. The number of aliphatic hydroxyl groups is 2. The zero-order chi connectivity index (χ0) is 55.5. The number of nitrogens with zero attached hydrogens (tertiary/aromatic N) is 4. The number of imidazole rings is 1. The third kappa shape index (κ3) is 17.8. The predicted molar refractivity (Wildman–Crippen MR) is 263 cm³/mol. The lowest BCUT2D eigenvalue weighted by Gasteiger charge is -2.30. The van der Waals surface area contributed by atoms with Crippen LogP contribution in [-0.4, -0.2) is 152 Å². The lowest BCUT2D eigenvalue weighted by atomic mass is 9.87. The SMILES string of the molecule is Cc1ccc(OC/C(=C/C=O)Nc2cc(CC(N)C(=O)SCCNC(=O)CCNC(=O)C(O)C(C)(C)COP(=O)(O)OP(=O)(O)OCC3OC(n4cnc5c(N)ncnc54)C(O)C3OP(=O)(O)O)c(O)cc2O)cc1. The number of carbonyl (C=O) groups is 4. The van der Waals surface area contributed by atoms with Crippen molar-refractivity contribution in [3.05, 3.63) is 72.0 Å². The molecule has 15 N–H and O–H groups in total. The Hall–Kier alpha value is -5.43. The van der Waals surface area contributed by atoms with Crippen molar-refractivity contribution < 1.29 is 100 Å². The molecule has 3 heterocycles. The highest BCUT2D eigenvalue weighted by Gasteiger charge is 2.50. The Labute approximate surface area is 430 Å². The molecule has 5 rings (SSSR count). The van der Waals surface area contributed by atoms with Gasteiger partial charge in [0.2, 0.25) is 16.9 Å². The summed E-state index contributed by atoms with van der Waals surface area (Å²) in [5.74, 6) is -1.76. The topological polar surface area (TPSA) is 468 Å². The predicted octanol–water partition coefficient (Wildman–Crippen LogP) is 0.528. The number of aromatic hydroxyl groups is 2. The number of allylic oxidation sites excluding steroid dienone is 1. The van der Waals surface area contributed by atoms with Crippen LogP contribution in [0.3, 0.4) is 0 Å². The van der Waals surface area contributed by atoms with E-state index in [0.29, 0.717) is 12.0 Å². The first-order valence-electron chi connectivity index (χ1n) is 22.1. The van der Waals surface area contributed by atoms with Crippen molar-refractivity contribution in [3.8, 4) is 17.2 Å². The number of rotatable bonds is 28. The van der Waals surface area contributed by atoms with Gasteiger partial charge in [-0.2, -0.15) is 4.31 Å². The lowest BCUT2D eigenvalue weighted by Crippen LogP contribution is -2.46. The third-order valence-corrected chi connectivity index (χ3v) is 14.8. The van der Waals surface area contributed by atoms with Crippen LogP contribution < -0.4 is 32.2 Å². The normalized spacial score (nSPS) is 19.6. The largest absolute Gasteiger partial charge is 0.508 e. The number of carbonyl (C=O) groups excluding carboxylic acids is 4. The van der Waals surface area contributed by atoms with E-state index in [0.717, 1.165) is 40.6 Å². The van der Waals surface area contributed by atoms with Crippen molar-refractivity contribution in [3.63, 3.8) is 0 Å². The van der Waals surface area contributed by atoms with Crippen molar-refractivity contribution in [1.29, 1.82) is 0 Å². The zero-order valence-electron chi connectivity index (χ0n) is 40.0. The molecule has 34 heteroatoms. The molecule has 2 amide bonds. The highest BCUT2D eigenvalue weighted by atomic mass is 32.2. The second-order valence-corrected chi connectivity index (χ2v) is 22.4. The van der Waals surface area contributed by atoms with E-state index in [4.69, 9.17) is 30.0 Å². The second-order valence-electron chi connectivity index (χ2n) is 17.1. The van der Waals surface area contributed by atoms with Gasteiger partial charge in [0.1, 0.15) is 66.4 Å². The Kier molecular flexibility index (Phi) is 21.0. The number of aldehydes is 1. The minimum atomic E-state index is -5.63. The molecule has 1 aliphatic rings. The fourth-order valence-corrected chi connectivity index (χ4v) is 10.3. The second kappa shape index (κ2) is 26.1. The van der Waals surface area contributed by atoms with E-state index in [1.54, 1.807) is 12.1 Å². The number of phenolic OH excluding ortho intramolecular Hbond substituents is 2. The number of nitrogen functional groups attached to an aromatic ring is 1. The van der Waals surface area contributed by atoms with Gasteiger partial charge in [-0.15, -0.1) is 0 Å². The highest BCUT2D eigenvalue weighted by molar-refractivity contribution is 8.13. The number of benzene rings is 2. The maximum Gasteiger partial charge on any atom is 0.481 e. The zero-order valence-corrected chi connectivity index (χ0v) is 43.5. The number of nitrogens with one attached hydrogen (secondary N) is 3. The number of aryl methyl sites for hydroxylation is 1. The average Bonchev–Trinajstić information content (AvgIpc) is 3.89. The number of nitrogens with two attached hydrogens (primary N) is 2. The molecule has 0 radical (unpaired) electrons. The number of aliphatic hydroxyl groups excluding tert-OH is 2. The maximum absolute atomic E-state index is 12.8. The first-order valence-corrected chi connectivity index (χ1v) is 27.6. The number of phosphoric acid groups is 3. The Morgan fingerprint density at radius 3 is 2.36 bits per heavy atom. The van der Waals surface area contributed by atoms with Crippen LogP contribution in [0.2, 0.25) is 0 Å². The summed E-state index contributed by atoms with van der Waals surface area (Å²) in [6.45, 7) is 1.85. The number of phosphoric ester groups is 3. The molecular formula is C41H56N9O21P3S. The molecule has 4 aromatic rings. The first-order chi connectivity index (χ1) is 35.1. The van der Waals surface area contributed by atoms with Gasteiger partial charge in [0.05, 0.1) is 37.0 Å². The molecular weight excluding hydrogens is 1080 g/mol. The van der Waals surface area contributed by atoms with Gasteiger partial charge in [-0.25, -0.2) is 28.6 Å². The molecule has 412 valence electrons. The summed E-state index contributed by atoms with van der Waals surface area (Å²) in [4.78, 5) is 101. The van der Waals surface area contributed by atoms with Crippen LogP contribution in [0.1, 0.15) is 37.6 Å². The molecule has 0 aliphatic carbocycles. The number of anilines is 2. The molecule has 2 aromatic carbocycles. The van der Waals surface area contributed by atoms with Gasteiger partial charge in [-0.3, -0.25) is 37.3 Å². The van der Waals surface area contributed by atoms with Crippen molar-refractivity contribution in [1.82, 2.24) is 30.2 Å². The highest BCUT2D eigenvalue weighted by Crippen LogP contribution is 2.61. The Bertz CT molecular complexity index is 2860. The molecule has 1 aliphatic heterocycles. The molecule has 0 saturated carbocycles. The van der Waals surface area contributed by atoms with Crippen LogP contribution in [0.25, 0.3) is 11.2 Å². The van der Waals surface area contributed by atoms with E-state index in [1.165, 1.54) is 26.0 Å². The molecule has 1 saturated heterocycles. The van der Waals surface area contributed by atoms with Crippen LogP contribution in [0.5, 0.6) is 17.2 Å². The van der Waals surface area contributed by atoms with Crippen molar-refractivity contribution >= 4 is 81.1 Å². The Morgan fingerprint density at radius 1 is 0.987 bits per heavy atom. The standard InChI is InChI=1S/C41H56N9O21P3S/c1-22-4-6-25(7-5-22)66-17-24(9-12-51)49-27-15-23(28(52)16-29(27)53)14-26(42)40(58)75-13-11-44-31(54)8-10-45-38(57)35(56)41(2,3)19-68-74(64,65)71-73(62,63)67-18-30-34(70-72(59,60)61)33(55)39(69-30)50-21-48-32-36(43)46-20-47-37(32)50/h4-7,9,12,15-16,20-21,26,30,33-35,39,49,52-53,55-56H,8,10-11,13-14,17-19,42H2,1-3H3,(H,44,54)(H,45,57)(H,62,63)(H,64,65)(H2,43,46,47)(H2,59,60,61)/b24-9-. The fourth-order valence-electron chi connectivity index (χ4n) is 6.77. The van der Waals surface area contributed by atoms with Gasteiger partial charge < -0.3 is 76.9 Å². The van der Waals surface area contributed by atoms with Crippen LogP contribution in [-0.2, 0) is 61.9 Å². The molecule has 75 heavy (non-hydrogen) atoms. The van der Waals surface area contributed by atoms with E-state index in [1.807, 2.05) is 19.1 Å². The Balaban J connectivity index is 1.01. The quantitative estimate of drug-likeness (QED) is 0.00921. The maximum atomic E-state index is 12.8.